The van der Waals surface area contributed by atoms with Crippen molar-refractivity contribution in [2.24, 2.45) is 10.2 Å². The Bertz CT molecular complexity index is 945. The largest absolute Gasteiger partial charge is 0.494 e. The summed E-state index contributed by atoms with van der Waals surface area (Å²) in [4.78, 5) is 15.6. The van der Waals surface area contributed by atoms with Gasteiger partial charge in [0.25, 0.3) is 0 Å². The van der Waals surface area contributed by atoms with Gasteiger partial charge in [-0.15, -0.1) is 10.2 Å². The number of carboxylic acids is 1. The fourth-order valence-corrected chi connectivity index (χ4v) is 2.42. The summed E-state index contributed by atoms with van der Waals surface area (Å²) in [6.45, 7) is 4.71. The van der Waals surface area contributed by atoms with Crippen LogP contribution in [0.5, 0.6) is 5.75 Å². The van der Waals surface area contributed by atoms with Crippen LogP contribution in [0.15, 0.2) is 52.8 Å². The quantitative estimate of drug-likeness (QED) is 0.482. The van der Waals surface area contributed by atoms with E-state index in [2.05, 4.69) is 22.1 Å². The number of unbranched alkanes of at least 4 members (excludes halogenated alkanes) is 1. The fraction of sp³-hybridized carbons (Fsp3) is 0.263. The zero-order valence-corrected chi connectivity index (χ0v) is 14.7. The van der Waals surface area contributed by atoms with Gasteiger partial charge in [0.15, 0.2) is 11.5 Å². The molecule has 0 bridgehead atoms. The summed E-state index contributed by atoms with van der Waals surface area (Å²) < 4.78 is 7.22. The van der Waals surface area contributed by atoms with E-state index in [1.165, 1.54) is 0 Å². The number of hydrogen-bond acceptors (Lipinski definition) is 5. The number of aryl methyl sites for hydroxylation is 1. The van der Waals surface area contributed by atoms with Gasteiger partial charge in [0, 0.05) is 6.20 Å². The van der Waals surface area contributed by atoms with Crippen molar-refractivity contribution in [1.82, 2.24) is 9.38 Å². The molecule has 0 amide bonds. The third-order valence-electron chi connectivity index (χ3n) is 3.82. The molecule has 0 aliphatic rings. The maximum absolute atomic E-state index is 11.5. The highest BCUT2D eigenvalue weighted by Crippen LogP contribution is 2.25. The molecule has 0 radical (unpaired) electrons. The monoisotopic (exact) mass is 352 g/mol. The molecule has 3 rings (SSSR count). The molecule has 0 aliphatic carbocycles. The molecule has 3 aromatic rings. The third-order valence-corrected chi connectivity index (χ3v) is 3.82. The molecule has 7 nitrogen and oxygen atoms in total. The third kappa shape index (κ3) is 3.88. The molecule has 0 aliphatic heterocycles. The molecule has 134 valence electrons. The van der Waals surface area contributed by atoms with Crippen LogP contribution in [-0.4, -0.2) is 27.1 Å². The van der Waals surface area contributed by atoms with E-state index in [0.29, 0.717) is 17.9 Å². The Hall–Kier alpha value is -3.22. The first-order chi connectivity index (χ1) is 12.6. The Morgan fingerprint density at radius 1 is 1.23 bits per heavy atom. The van der Waals surface area contributed by atoms with Gasteiger partial charge in [-0.3, -0.25) is 4.40 Å². The molecule has 0 saturated carbocycles. The number of carbonyl (C=O) groups is 1. The van der Waals surface area contributed by atoms with Gasteiger partial charge in [0.1, 0.15) is 11.4 Å². The van der Waals surface area contributed by atoms with E-state index in [0.717, 1.165) is 24.2 Å². The molecule has 0 atom stereocenters. The van der Waals surface area contributed by atoms with Gasteiger partial charge >= 0.3 is 5.97 Å². The number of pyridine rings is 1. The summed E-state index contributed by atoms with van der Waals surface area (Å²) in [7, 11) is 0. The number of nitrogens with zero attached hydrogens (tertiary/aromatic N) is 4. The van der Waals surface area contributed by atoms with Gasteiger partial charge in [-0.1, -0.05) is 13.3 Å². The molecule has 0 spiro atoms. The number of benzene rings is 1. The normalized spacial score (nSPS) is 11.3. The second kappa shape index (κ2) is 7.77. The Labute approximate surface area is 151 Å². The van der Waals surface area contributed by atoms with Crippen LogP contribution in [0.2, 0.25) is 0 Å². The predicted molar refractivity (Wildman–Crippen MR) is 97.9 cm³/mol. The Morgan fingerprint density at radius 3 is 2.69 bits per heavy atom. The number of hydrogen-bond donors (Lipinski definition) is 1. The summed E-state index contributed by atoms with van der Waals surface area (Å²) in [5.41, 5.74) is 1.99. The number of rotatable bonds is 7. The highest BCUT2D eigenvalue weighted by atomic mass is 16.5. The minimum atomic E-state index is -1.14. The molecule has 2 heterocycles. The van der Waals surface area contributed by atoms with Gasteiger partial charge in [-0.25, -0.2) is 9.78 Å². The van der Waals surface area contributed by atoms with Crippen LogP contribution in [0.3, 0.4) is 0 Å². The Balaban J connectivity index is 1.86. The number of ether oxygens (including phenoxy) is 1. The first-order valence-corrected chi connectivity index (χ1v) is 8.45. The van der Waals surface area contributed by atoms with Crippen molar-refractivity contribution < 1.29 is 14.6 Å². The molecule has 1 N–H and O–H groups in total. The average Bonchev–Trinajstić information content (AvgIpc) is 2.99. The van der Waals surface area contributed by atoms with Crippen molar-refractivity contribution in [2.45, 2.75) is 26.7 Å². The number of azo groups is 1. The lowest BCUT2D eigenvalue weighted by atomic mass is 10.3. The minimum absolute atomic E-state index is 0.126. The Morgan fingerprint density at radius 2 is 2.00 bits per heavy atom. The SMILES string of the molecule is CCCCOc1ccc(N=Nc2c(C(=O)O)nc3cc(C)ccn23)cc1. The second-order valence-corrected chi connectivity index (χ2v) is 5.92. The maximum Gasteiger partial charge on any atom is 0.358 e. The van der Waals surface area contributed by atoms with Crippen molar-refractivity contribution >= 4 is 23.1 Å². The van der Waals surface area contributed by atoms with Crippen molar-refractivity contribution in [2.75, 3.05) is 6.61 Å². The van der Waals surface area contributed by atoms with Crippen LogP contribution in [0, 0.1) is 6.92 Å². The number of carboxylic acid groups (broad SMARTS) is 1. The first-order valence-electron chi connectivity index (χ1n) is 8.45. The van der Waals surface area contributed by atoms with E-state index in [1.54, 1.807) is 28.8 Å². The van der Waals surface area contributed by atoms with Crippen molar-refractivity contribution in [3.8, 4) is 5.75 Å². The van der Waals surface area contributed by atoms with Gasteiger partial charge in [0.2, 0.25) is 0 Å². The topological polar surface area (TPSA) is 88.5 Å². The molecular weight excluding hydrogens is 332 g/mol. The van der Waals surface area contributed by atoms with E-state index in [9.17, 15) is 9.90 Å². The van der Waals surface area contributed by atoms with Crippen LogP contribution in [0.1, 0.15) is 35.8 Å². The minimum Gasteiger partial charge on any atom is -0.494 e. The van der Waals surface area contributed by atoms with Crippen molar-refractivity contribution in [1.29, 1.82) is 0 Å². The molecule has 0 unspecified atom stereocenters. The summed E-state index contributed by atoms with van der Waals surface area (Å²) >= 11 is 0. The van der Waals surface area contributed by atoms with Gasteiger partial charge in [-0.2, -0.15) is 0 Å². The zero-order chi connectivity index (χ0) is 18.5. The molecule has 2 aromatic heterocycles. The van der Waals surface area contributed by atoms with E-state index >= 15 is 0 Å². The molecule has 7 heteroatoms. The molecule has 1 aromatic carbocycles. The number of aromatic nitrogens is 2. The second-order valence-electron chi connectivity index (χ2n) is 5.92. The van der Waals surface area contributed by atoms with Gasteiger partial charge in [0.05, 0.1) is 12.3 Å². The lowest BCUT2D eigenvalue weighted by Gasteiger charge is -2.04. The van der Waals surface area contributed by atoms with Crippen molar-refractivity contribution in [3.05, 3.63) is 53.9 Å². The van der Waals surface area contributed by atoms with Crippen LogP contribution in [0.4, 0.5) is 11.5 Å². The van der Waals surface area contributed by atoms with Gasteiger partial charge < -0.3 is 9.84 Å². The van der Waals surface area contributed by atoms with Gasteiger partial charge in [-0.05, 0) is 55.3 Å². The summed E-state index contributed by atoms with van der Waals surface area (Å²) in [6.07, 6.45) is 3.83. The zero-order valence-electron chi connectivity index (χ0n) is 14.7. The number of imidazole rings is 1. The van der Waals surface area contributed by atoms with E-state index in [1.807, 2.05) is 25.1 Å². The lowest BCUT2D eigenvalue weighted by molar-refractivity contribution is 0.0692. The maximum atomic E-state index is 11.5. The van der Waals surface area contributed by atoms with Crippen molar-refractivity contribution in [3.63, 3.8) is 0 Å². The van der Waals surface area contributed by atoms with Crippen LogP contribution in [0.25, 0.3) is 5.65 Å². The van der Waals surface area contributed by atoms with E-state index < -0.39 is 5.97 Å². The standard InChI is InChI=1S/C19H20N4O3/c1-3-4-11-26-15-7-5-14(6-8-15)21-22-18-17(19(24)25)20-16-12-13(2)9-10-23(16)18/h5-10,12H,3-4,11H2,1-2H3,(H,24,25). The Kier molecular flexibility index (Phi) is 5.26. The lowest BCUT2D eigenvalue weighted by Crippen LogP contribution is -1.96. The van der Waals surface area contributed by atoms with Crippen LogP contribution in [-0.2, 0) is 0 Å². The first kappa shape index (κ1) is 17.6. The molecule has 26 heavy (non-hydrogen) atoms. The highest BCUT2D eigenvalue weighted by molar-refractivity contribution is 5.91. The van der Waals surface area contributed by atoms with Crippen LogP contribution < -0.4 is 4.74 Å². The highest BCUT2D eigenvalue weighted by Gasteiger charge is 2.18. The predicted octanol–water partition coefficient (Wildman–Crippen LogP) is 4.94. The van der Waals surface area contributed by atoms with Crippen LogP contribution >= 0.6 is 0 Å². The number of fused-ring (bicyclic) bond motifs is 1. The van der Waals surface area contributed by atoms with E-state index in [4.69, 9.17) is 4.74 Å². The molecule has 0 saturated heterocycles. The summed E-state index contributed by atoms with van der Waals surface area (Å²) in [5.74, 6) is -0.176. The smallest absolute Gasteiger partial charge is 0.358 e. The molecular formula is C19H20N4O3. The molecule has 0 fully saturated rings. The summed E-state index contributed by atoms with van der Waals surface area (Å²) in [6, 6.07) is 10.9. The van der Waals surface area contributed by atoms with E-state index in [-0.39, 0.29) is 11.5 Å². The fourth-order valence-electron chi connectivity index (χ4n) is 2.42. The number of aromatic carboxylic acids is 1. The summed E-state index contributed by atoms with van der Waals surface area (Å²) in [5, 5.41) is 17.6. The average molecular weight is 352 g/mol.